The second kappa shape index (κ2) is 12.4. The molecule has 2 rings (SSSR count). The first-order chi connectivity index (χ1) is 16.3. The van der Waals surface area contributed by atoms with E-state index in [9.17, 15) is 19.5 Å². The van der Waals surface area contributed by atoms with Crippen LogP contribution in [0.5, 0.6) is 0 Å². The lowest BCUT2D eigenvalue weighted by Gasteiger charge is -2.43. The highest BCUT2D eigenvalue weighted by Crippen LogP contribution is 2.41. The zero-order valence-corrected chi connectivity index (χ0v) is 22.0. The van der Waals surface area contributed by atoms with Gasteiger partial charge in [0.2, 0.25) is 0 Å². The van der Waals surface area contributed by atoms with Crippen molar-refractivity contribution in [2.45, 2.75) is 78.4 Å². The van der Waals surface area contributed by atoms with Crippen molar-refractivity contribution in [1.29, 1.82) is 0 Å². The van der Waals surface area contributed by atoms with Gasteiger partial charge in [0.25, 0.3) is 5.91 Å². The highest BCUT2D eigenvalue weighted by Gasteiger charge is 2.48. The standard InChI is InChI=1S/C27H42N2O6/c1-18(2)22-11-10-19(3)17-27(22,33)24(31)28-13-12-20-8-7-9-21(16-20)23(30)34-15-14-29-25(32)35-26(4,5)6/h7-9,16,18-19,22,33H,10-15,17H2,1-6H3,(H,28,31)(H,29,32)/t19-,22+,27+/m1/s1. The molecule has 1 aliphatic carbocycles. The molecule has 0 spiro atoms. The molecule has 8 heteroatoms. The largest absolute Gasteiger partial charge is 0.460 e. The lowest BCUT2D eigenvalue weighted by atomic mass is 9.66. The molecule has 0 aliphatic heterocycles. The molecule has 0 aromatic heterocycles. The summed E-state index contributed by atoms with van der Waals surface area (Å²) in [5.41, 5.74) is -0.671. The molecule has 0 bridgehead atoms. The van der Waals surface area contributed by atoms with Crippen molar-refractivity contribution in [2.75, 3.05) is 19.7 Å². The van der Waals surface area contributed by atoms with E-state index >= 15 is 0 Å². The minimum atomic E-state index is -1.34. The van der Waals surface area contributed by atoms with Crippen molar-refractivity contribution >= 4 is 18.0 Å². The zero-order chi connectivity index (χ0) is 26.2. The molecule has 1 aromatic carbocycles. The van der Waals surface area contributed by atoms with Gasteiger partial charge in [0, 0.05) is 6.54 Å². The molecular formula is C27H42N2O6. The molecule has 35 heavy (non-hydrogen) atoms. The lowest BCUT2D eigenvalue weighted by Crippen LogP contribution is -2.56. The number of hydrogen-bond donors (Lipinski definition) is 3. The second-order valence-corrected chi connectivity index (χ2v) is 10.9. The third kappa shape index (κ3) is 8.84. The Balaban J connectivity index is 1.82. The molecular weight excluding hydrogens is 448 g/mol. The van der Waals surface area contributed by atoms with Crippen LogP contribution < -0.4 is 10.6 Å². The van der Waals surface area contributed by atoms with E-state index in [1.165, 1.54) is 0 Å². The van der Waals surface area contributed by atoms with Gasteiger partial charge in [-0.25, -0.2) is 9.59 Å². The topological polar surface area (TPSA) is 114 Å². The predicted molar refractivity (Wildman–Crippen MR) is 134 cm³/mol. The normalized spacial score (nSPS) is 22.4. The van der Waals surface area contributed by atoms with Gasteiger partial charge in [-0.3, -0.25) is 4.79 Å². The number of nitrogens with one attached hydrogen (secondary N) is 2. The SMILES string of the molecule is CC(C)[C@@H]1CC[C@@H](C)C[C@@]1(O)C(=O)NCCc1cccc(C(=O)OCCNC(=O)OC(C)(C)C)c1. The fourth-order valence-electron chi connectivity index (χ4n) is 4.65. The maximum absolute atomic E-state index is 12.9. The van der Waals surface area contributed by atoms with E-state index in [1.807, 2.05) is 6.07 Å². The van der Waals surface area contributed by atoms with Crippen molar-refractivity contribution < 1.29 is 29.0 Å². The Hall–Kier alpha value is -2.61. The Morgan fingerprint density at radius 1 is 1.14 bits per heavy atom. The van der Waals surface area contributed by atoms with E-state index in [2.05, 4.69) is 31.4 Å². The van der Waals surface area contributed by atoms with E-state index in [0.29, 0.717) is 30.9 Å². The van der Waals surface area contributed by atoms with Crippen LogP contribution in [0.15, 0.2) is 24.3 Å². The van der Waals surface area contributed by atoms with Crippen LogP contribution in [0.25, 0.3) is 0 Å². The summed E-state index contributed by atoms with van der Waals surface area (Å²) in [6.07, 6.45) is 2.31. The first kappa shape index (κ1) is 28.6. The first-order valence-electron chi connectivity index (χ1n) is 12.6. The molecule has 3 N–H and O–H groups in total. The number of amides is 2. The molecule has 0 radical (unpaired) electrons. The van der Waals surface area contributed by atoms with E-state index in [1.54, 1.807) is 39.0 Å². The number of rotatable bonds is 9. The molecule has 3 atom stereocenters. The number of aliphatic hydroxyl groups is 1. The second-order valence-electron chi connectivity index (χ2n) is 10.9. The third-order valence-corrected chi connectivity index (χ3v) is 6.31. The molecule has 1 fully saturated rings. The Kier molecular flexibility index (Phi) is 10.1. The van der Waals surface area contributed by atoms with Crippen molar-refractivity contribution in [1.82, 2.24) is 10.6 Å². The predicted octanol–water partition coefficient (Wildman–Crippen LogP) is 3.85. The minimum Gasteiger partial charge on any atom is -0.460 e. The average Bonchev–Trinajstić information content (AvgIpc) is 2.75. The van der Waals surface area contributed by atoms with E-state index in [0.717, 1.165) is 18.4 Å². The van der Waals surface area contributed by atoms with Gasteiger partial charge in [-0.1, -0.05) is 39.3 Å². The average molecular weight is 491 g/mol. The van der Waals surface area contributed by atoms with Gasteiger partial charge in [-0.15, -0.1) is 0 Å². The monoisotopic (exact) mass is 490 g/mol. The third-order valence-electron chi connectivity index (χ3n) is 6.31. The summed E-state index contributed by atoms with van der Waals surface area (Å²) in [6.45, 7) is 12.0. The number of esters is 1. The summed E-state index contributed by atoms with van der Waals surface area (Å²) in [5, 5.41) is 16.7. The van der Waals surface area contributed by atoms with Gasteiger partial charge in [-0.2, -0.15) is 0 Å². The van der Waals surface area contributed by atoms with Crippen LogP contribution in [-0.4, -0.2) is 54.0 Å². The van der Waals surface area contributed by atoms with Crippen LogP contribution in [0.2, 0.25) is 0 Å². The number of hydrogen-bond acceptors (Lipinski definition) is 6. The van der Waals surface area contributed by atoms with Crippen molar-refractivity contribution in [2.24, 2.45) is 17.8 Å². The summed E-state index contributed by atoms with van der Waals surface area (Å²) in [6, 6.07) is 7.02. The van der Waals surface area contributed by atoms with Gasteiger partial charge in [0.05, 0.1) is 12.1 Å². The van der Waals surface area contributed by atoms with Crippen LogP contribution in [0, 0.1) is 17.8 Å². The maximum atomic E-state index is 12.9. The summed E-state index contributed by atoms with van der Waals surface area (Å²) in [4.78, 5) is 36.9. The van der Waals surface area contributed by atoms with Crippen molar-refractivity contribution in [3.63, 3.8) is 0 Å². The summed E-state index contributed by atoms with van der Waals surface area (Å²) >= 11 is 0. The summed E-state index contributed by atoms with van der Waals surface area (Å²) in [7, 11) is 0. The van der Waals surface area contributed by atoms with E-state index in [-0.39, 0.29) is 30.9 Å². The number of benzene rings is 1. The van der Waals surface area contributed by atoms with E-state index in [4.69, 9.17) is 9.47 Å². The molecule has 2 amide bonds. The number of carbonyl (C=O) groups excluding carboxylic acids is 3. The Bertz CT molecular complexity index is 879. The Morgan fingerprint density at radius 3 is 2.51 bits per heavy atom. The van der Waals surface area contributed by atoms with Gasteiger partial charge in [0.1, 0.15) is 17.8 Å². The molecule has 1 aromatic rings. The highest BCUT2D eigenvalue weighted by atomic mass is 16.6. The van der Waals surface area contributed by atoms with Crippen LogP contribution in [0.1, 0.15) is 76.7 Å². The van der Waals surface area contributed by atoms with Gasteiger partial charge >= 0.3 is 12.1 Å². The Labute approximate surface area is 209 Å². The van der Waals surface area contributed by atoms with Gasteiger partial charge in [0.15, 0.2) is 0 Å². The summed E-state index contributed by atoms with van der Waals surface area (Å²) < 4.78 is 10.4. The quantitative estimate of drug-likeness (QED) is 0.358. The van der Waals surface area contributed by atoms with Crippen LogP contribution in [0.4, 0.5) is 4.79 Å². The molecule has 1 aliphatic rings. The van der Waals surface area contributed by atoms with Crippen molar-refractivity contribution in [3.05, 3.63) is 35.4 Å². The first-order valence-corrected chi connectivity index (χ1v) is 12.6. The summed E-state index contributed by atoms with van der Waals surface area (Å²) in [5.74, 6) is -0.326. The molecule has 1 saturated carbocycles. The maximum Gasteiger partial charge on any atom is 0.407 e. The molecule has 0 unspecified atom stereocenters. The fourth-order valence-corrected chi connectivity index (χ4v) is 4.65. The number of alkyl carbamates (subject to hydrolysis) is 1. The molecule has 0 saturated heterocycles. The van der Waals surface area contributed by atoms with Crippen LogP contribution in [-0.2, 0) is 20.7 Å². The van der Waals surface area contributed by atoms with Gasteiger partial charge in [-0.05, 0) is 75.5 Å². The molecule has 196 valence electrons. The highest BCUT2D eigenvalue weighted by molar-refractivity contribution is 5.89. The number of carbonyl (C=O) groups is 3. The molecule has 0 heterocycles. The van der Waals surface area contributed by atoms with Crippen LogP contribution >= 0.6 is 0 Å². The van der Waals surface area contributed by atoms with Gasteiger partial charge < -0.3 is 25.2 Å². The smallest absolute Gasteiger partial charge is 0.407 e. The number of ether oxygens (including phenoxy) is 2. The van der Waals surface area contributed by atoms with Crippen molar-refractivity contribution in [3.8, 4) is 0 Å². The fraction of sp³-hybridized carbons (Fsp3) is 0.667. The lowest BCUT2D eigenvalue weighted by molar-refractivity contribution is -0.155. The van der Waals surface area contributed by atoms with Crippen LogP contribution in [0.3, 0.4) is 0 Å². The molecule has 8 nitrogen and oxygen atoms in total. The zero-order valence-electron chi connectivity index (χ0n) is 22.0. The van der Waals surface area contributed by atoms with E-state index < -0.39 is 23.3 Å². The Morgan fingerprint density at radius 2 is 1.86 bits per heavy atom. The minimum absolute atomic E-state index is 0.0202.